The molecule has 1 aromatic rings. The highest BCUT2D eigenvalue weighted by molar-refractivity contribution is 5.73. The van der Waals surface area contributed by atoms with Crippen molar-refractivity contribution in [1.82, 2.24) is 15.0 Å². The monoisotopic (exact) mass is 211 g/mol. The number of carbonyl (C=O) groups is 1. The first kappa shape index (κ1) is 11.8. The zero-order chi connectivity index (χ0) is 11.3. The molecule has 0 saturated heterocycles. The Bertz CT molecular complexity index is 322. The van der Waals surface area contributed by atoms with Crippen LogP contribution in [0.1, 0.15) is 42.5 Å². The molecule has 5 nitrogen and oxygen atoms in total. The molecule has 0 bridgehead atoms. The number of aromatic nitrogens is 3. The summed E-state index contributed by atoms with van der Waals surface area (Å²) in [5.41, 5.74) is 1.32. The highest BCUT2D eigenvalue weighted by Gasteiger charge is 2.17. The van der Waals surface area contributed by atoms with E-state index in [2.05, 4.69) is 17.2 Å². The van der Waals surface area contributed by atoms with Crippen molar-refractivity contribution < 1.29 is 9.53 Å². The van der Waals surface area contributed by atoms with Crippen LogP contribution in [0.4, 0.5) is 0 Å². The van der Waals surface area contributed by atoms with Gasteiger partial charge in [-0.3, -0.25) is 4.79 Å². The van der Waals surface area contributed by atoms with Crippen molar-refractivity contribution in [1.29, 1.82) is 0 Å². The third kappa shape index (κ3) is 2.41. The van der Waals surface area contributed by atoms with Crippen LogP contribution >= 0.6 is 0 Å². The van der Waals surface area contributed by atoms with Crippen LogP contribution in [-0.4, -0.2) is 35.0 Å². The van der Waals surface area contributed by atoms with Gasteiger partial charge in [-0.1, -0.05) is 19.1 Å². The molecule has 1 aromatic heterocycles. The van der Waals surface area contributed by atoms with Gasteiger partial charge in [-0.25, -0.2) is 4.68 Å². The maximum absolute atomic E-state index is 10.7. The topological polar surface area (TPSA) is 57.0 Å². The van der Waals surface area contributed by atoms with E-state index in [9.17, 15) is 4.79 Å². The summed E-state index contributed by atoms with van der Waals surface area (Å²) >= 11 is 0. The average Bonchev–Trinajstić information content (AvgIpc) is 2.68. The lowest BCUT2D eigenvalue weighted by molar-refractivity contribution is 0.111. The minimum Gasteiger partial charge on any atom is -0.382 e. The second kappa shape index (κ2) is 5.60. The molecular formula is C10H17N3O2. The molecule has 0 radical (unpaired) electrons. The van der Waals surface area contributed by atoms with Crippen LogP contribution in [0.25, 0.3) is 0 Å². The summed E-state index contributed by atoms with van der Waals surface area (Å²) in [6.07, 6.45) is 2.41. The molecule has 0 aliphatic carbocycles. The Morgan fingerprint density at radius 2 is 2.27 bits per heavy atom. The van der Waals surface area contributed by atoms with Crippen molar-refractivity contribution in [2.75, 3.05) is 13.7 Å². The second-order valence-electron chi connectivity index (χ2n) is 3.35. The predicted octanol–water partition coefficient (Wildman–Crippen LogP) is 1.25. The van der Waals surface area contributed by atoms with E-state index in [1.807, 2.05) is 6.92 Å². The van der Waals surface area contributed by atoms with E-state index in [0.717, 1.165) is 24.8 Å². The molecule has 15 heavy (non-hydrogen) atoms. The molecule has 0 aliphatic heterocycles. The molecule has 0 aromatic carbocycles. The normalized spacial score (nSPS) is 12.7. The Balaban J connectivity index is 3.00. The van der Waals surface area contributed by atoms with Gasteiger partial charge in [0.1, 0.15) is 5.69 Å². The summed E-state index contributed by atoms with van der Waals surface area (Å²) in [7, 11) is 1.66. The molecule has 1 heterocycles. The third-order valence-corrected chi connectivity index (χ3v) is 2.44. The van der Waals surface area contributed by atoms with Crippen LogP contribution in [-0.2, 0) is 11.2 Å². The Kier molecular flexibility index (Phi) is 4.42. The van der Waals surface area contributed by atoms with Gasteiger partial charge in [-0.15, -0.1) is 5.10 Å². The van der Waals surface area contributed by atoms with E-state index in [-0.39, 0.29) is 6.04 Å². The average molecular weight is 211 g/mol. The van der Waals surface area contributed by atoms with Gasteiger partial charge in [0.25, 0.3) is 0 Å². The second-order valence-corrected chi connectivity index (χ2v) is 3.35. The van der Waals surface area contributed by atoms with E-state index >= 15 is 0 Å². The number of aldehydes is 1. The predicted molar refractivity (Wildman–Crippen MR) is 56.0 cm³/mol. The number of methoxy groups -OCH3 is 1. The zero-order valence-corrected chi connectivity index (χ0v) is 9.43. The van der Waals surface area contributed by atoms with Gasteiger partial charge in [0.2, 0.25) is 0 Å². The number of hydrogen-bond donors (Lipinski definition) is 0. The van der Waals surface area contributed by atoms with E-state index in [1.165, 1.54) is 0 Å². The Hall–Kier alpha value is -1.23. The van der Waals surface area contributed by atoms with Crippen molar-refractivity contribution in [3.05, 3.63) is 11.4 Å². The highest BCUT2D eigenvalue weighted by atomic mass is 16.5. The number of ether oxygens (including phenoxy) is 1. The lowest BCUT2D eigenvalue weighted by atomic mass is 10.2. The molecule has 0 amide bonds. The van der Waals surface area contributed by atoms with Gasteiger partial charge >= 0.3 is 0 Å². The van der Waals surface area contributed by atoms with Crippen LogP contribution in [0, 0.1) is 0 Å². The van der Waals surface area contributed by atoms with Crippen LogP contribution in [0.3, 0.4) is 0 Å². The number of carbonyl (C=O) groups excluding carboxylic acids is 1. The SMILES string of the molecule is CCc1c(C=O)nnn1C(CC)COC. The first-order valence-electron chi connectivity index (χ1n) is 5.16. The van der Waals surface area contributed by atoms with Crippen LogP contribution in [0.2, 0.25) is 0 Å². The lowest BCUT2D eigenvalue weighted by Crippen LogP contribution is -2.17. The maximum atomic E-state index is 10.7. The van der Waals surface area contributed by atoms with Gasteiger partial charge in [-0.05, 0) is 12.8 Å². The molecule has 0 N–H and O–H groups in total. The molecule has 84 valence electrons. The first-order chi connectivity index (χ1) is 7.28. The smallest absolute Gasteiger partial charge is 0.172 e. The molecular weight excluding hydrogens is 194 g/mol. The van der Waals surface area contributed by atoms with Gasteiger partial charge in [-0.2, -0.15) is 0 Å². The van der Waals surface area contributed by atoms with E-state index in [0.29, 0.717) is 12.3 Å². The Morgan fingerprint density at radius 1 is 1.53 bits per heavy atom. The quantitative estimate of drug-likeness (QED) is 0.664. The molecule has 0 aliphatic rings. The largest absolute Gasteiger partial charge is 0.382 e. The van der Waals surface area contributed by atoms with Gasteiger partial charge in [0.15, 0.2) is 6.29 Å². The van der Waals surface area contributed by atoms with Crippen molar-refractivity contribution >= 4 is 6.29 Å². The summed E-state index contributed by atoms with van der Waals surface area (Å²) in [6.45, 7) is 4.64. The molecule has 0 spiro atoms. The molecule has 1 atom stereocenters. The number of hydrogen-bond acceptors (Lipinski definition) is 4. The van der Waals surface area contributed by atoms with E-state index in [4.69, 9.17) is 4.74 Å². The van der Waals surface area contributed by atoms with Crippen molar-refractivity contribution in [3.63, 3.8) is 0 Å². The molecule has 0 saturated carbocycles. The fourth-order valence-corrected chi connectivity index (χ4v) is 1.61. The van der Waals surface area contributed by atoms with E-state index < -0.39 is 0 Å². The summed E-state index contributed by atoms with van der Waals surface area (Å²) in [4.78, 5) is 10.7. The summed E-state index contributed by atoms with van der Waals surface area (Å²) in [5, 5.41) is 7.85. The Morgan fingerprint density at radius 3 is 2.73 bits per heavy atom. The van der Waals surface area contributed by atoms with Gasteiger partial charge < -0.3 is 4.74 Å². The fourth-order valence-electron chi connectivity index (χ4n) is 1.61. The van der Waals surface area contributed by atoms with E-state index in [1.54, 1.807) is 11.8 Å². The number of nitrogens with zero attached hydrogens (tertiary/aromatic N) is 3. The molecule has 1 rings (SSSR count). The summed E-state index contributed by atoms with van der Waals surface area (Å²) < 4.78 is 6.91. The van der Waals surface area contributed by atoms with Crippen molar-refractivity contribution in [3.8, 4) is 0 Å². The van der Waals surface area contributed by atoms with Crippen LogP contribution in [0.5, 0.6) is 0 Å². The molecule has 5 heteroatoms. The van der Waals surface area contributed by atoms with Crippen molar-refractivity contribution in [2.24, 2.45) is 0 Å². The summed E-state index contributed by atoms with van der Waals surface area (Å²) in [5.74, 6) is 0. The molecule has 1 unspecified atom stereocenters. The zero-order valence-electron chi connectivity index (χ0n) is 9.43. The number of rotatable bonds is 6. The van der Waals surface area contributed by atoms with Crippen LogP contribution in [0.15, 0.2) is 0 Å². The highest BCUT2D eigenvalue weighted by Crippen LogP contribution is 2.15. The van der Waals surface area contributed by atoms with Gasteiger partial charge in [0.05, 0.1) is 18.3 Å². The minimum atomic E-state index is 0.158. The fraction of sp³-hybridized carbons (Fsp3) is 0.700. The lowest BCUT2D eigenvalue weighted by Gasteiger charge is -2.15. The van der Waals surface area contributed by atoms with Crippen LogP contribution < -0.4 is 0 Å². The third-order valence-electron chi connectivity index (χ3n) is 2.44. The van der Waals surface area contributed by atoms with Gasteiger partial charge in [0, 0.05) is 7.11 Å². The minimum absolute atomic E-state index is 0.158. The molecule has 0 fully saturated rings. The standard InChI is InChI=1S/C10H17N3O2/c1-4-8(7-15-3)13-10(5-2)9(6-14)11-12-13/h6,8H,4-5,7H2,1-3H3. The first-order valence-corrected chi connectivity index (χ1v) is 5.16. The van der Waals surface area contributed by atoms with Crippen molar-refractivity contribution in [2.45, 2.75) is 32.7 Å². The summed E-state index contributed by atoms with van der Waals surface area (Å²) in [6, 6.07) is 0.158. The Labute approximate surface area is 89.4 Å². The maximum Gasteiger partial charge on any atom is 0.172 e.